The van der Waals surface area contributed by atoms with Crippen LogP contribution in [-0.2, 0) is 11.3 Å². The molecule has 1 aromatic rings. The van der Waals surface area contributed by atoms with Gasteiger partial charge in [-0.1, -0.05) is 0 Å². The fourth-order valence-corrected chi connectivity index (χ4v) is 2.05. The molecule has 0 bridgehead atoms. The Balaban J connectivity index is 1.78. The van der Waals surface area contributed by atoms with E-state index < -0.39 is 0 Å². The number of ether oxygens (including phenoxy) is 1. The Morgan fingerprint density at radius 2 is 1.94 bits per heavy atom. The van der Waals surface area contributed by atoms with Gasteiger partial charge in [-0.15, -0.1) is 0 Å². The van der Waals surface area contributed by atoms with Crippen molar-refractivity contribution in [1.29, 1.82) is 0 Å². The SMILES string of the molecule is CCOC(=O)N1CCN(Cc2ccncc2)CC1. The molecule has 0 N–H and O–H groups in total. The predicted molar refractivity (Wildman–Crippen MR) is 68.1 cm³/mol. The monoisotopic (exact) mass is 249 g/mol. The van der Waals surface area contributed by atoms with Gasteiger partial charge in [0.05, 0.1) is 6.61 Å². The standard InChI is InChI=1S/C13H19N3O2/c1-2-18-13(17)16-9-7-15(8-10-16)11-12-3-5-14-6-4-12/h3-6H,2,7-11H2,1H3. The number of nitrogens with zero attached hydrogens (tertiary/aromatic N) is 3. The van der Waals surface area contributed by atoms with Crippen LogP contribution in [-0.4, -0.2) is 53.7 Å². The molecule has 1 amide bonds. The van der Waals surface area contributed by atoms with E-state index >= 15 is 0 Å². The number of amides is 1. The largest absolute Gasteiger partial charge is 0.450 e. The van der Waals surface area contributed by atoms with Gasteiger partial charge in [-0.2, -0.15) is 0 Å². The summed E-state index contributed by atoms with van der Waals surface area (Å²) in [5, 5.41) is 0. The summed E-state index contributed by atoms with van der Waals surface area (Å²) >= 11 is 0. The number of carbonyl (C=O) groups excluding carboxylic acids is 1. The molecule has 0 saturated carbocycles. The Morgan fingerprint density at radius 1 is 1.28 bits per heavy atom. The fourth-order valence-electron chi connectivity index (χ4n) is 2.05. The maximum atomic E-state index is 11.5. The topological polar surface area (TPSA) is 45.7 Å². The highest BCUT2D eigenvalue weighted by Crippen LogP contribution is 2.08. The van der Waals surface area contributed by atoms with Crippen LogP contribution in [0.5, 0.6) is 0 Å². The zero-order valence-corrected chi connectivity index (χ0v) is 10.7. The van der Waals surface area contributed by atoms with Gasteiger partial charge in [0.1, 0.15) is 0 Å². The molecule has 0 aromatic carbocycles. The van der Waals surface area contributed by atoms with Crippen LogP contribution in [0.15, 0.2) is 24.5 Å². The summed E-state index contributed by atoms with van der Waals surface area (Å²) in [5.41, 5.74) is 1.26. The van der Waals surface area contributed by atoms with E-state index in [2.05, 4.69) is 9.88 Å². The first-order valence-corrected chi connectivity index (χ1v) is 6.32. The maximum Gasteiger partial charge on any atom is 0.409 e. The minimum Gasteiger partial charge on any atom is -0.450 e. The first-order valence-electron chi connectivity index (χ1n) is 6.32. The summed E-state index contributed by atoms with van der Waals surface area (Å²) in [4.78, 5) is 19.7. The molecule has 1 aromatic heterocycles. The second kappa shape index (κ2) is 6.35. The van der Waals surface area contributed by atoms with Gasteiger partial charge in [-0.05, 0) is 24.6 Å². The number of pyridine rings is 1. The quantitative estimate of drug-likeness (QED) is 0.811. The summed E-state index contributed by atoms with van der Waals surface area (Å²) in [6.45, 7) is 6.45. The van der Waals surface area contributed by atoms with Gasteiger partial charge in [0.2, 0.25) is 0 Å². The summed E-state index contributed by atoms with van der Waals surface area (Å²) in [7, 11) is 0. The molecule has 2 heterocycles. The van der Waals surface area contributed by atoms with Crippen LogP contribution in [0.3, 0.4) is 0 Å². The lowest BCUT2D eigenvalue weighted by Gasteiger charge is -2.33. The van der Waals surface area contributed by atoms with Crippen LogP contribution < -0.4 is 0 Å². The number of aromatic nitrogens is 1. The van der Waals surface area contributed by atoms with E-state index in [4.69, 9.17) is 4.74 Å². The normalized spacial score (nSPS) is 16.6. The van der Waals surface area contributed by atoms with E-state index in [1.807, 2.05) is 31.5 Å². The van der Waals surface area contributed by atoms with Gasteiger partial charge in [-0.25, -0.2) is 4.79 Å². The van der Waals surface area contributed by atoms with Crippen molar-refractivity contribution < 1.29 is 9.53 Å². The Morgan fingerprint density at radius 3 is 2.56 bits per heavy atom. The third kappa shape index (κ3) is 3.43. The van der Waals surface area contributed by atoms with E-state index in [0.29, 0.717) is 6.61 Å². The number of rotatable bonds is 3. The van der Waals surface area contributed by atoms with Gasteiger partial charge < -0.3 is 9.64 Å². The predicted octanol–water partition coefficient (Wildman–Crippen LogP) is 1.36. The van der Waals surface area contributed by atoms with Gasteiger partial charge >= 0.3 is 6.09 Å². The molecule has 98 valence electrons. The lowest BCUT2D eigenvalue weighted by atomic mass is 10.2. The summed E-state index contributed by atoms with van der Waals surface area (Å²) in [6, 6.07) is 4.05. The number of hydrogen-bond donors (Lipinski definition) is 0. The van der Waals surface area contributed by atoms with Gasteiger partial charge in [-0.3, -0.25) is 9.88 Å². The fraction of sp³-hybridized carbons (Fsp3) is 0.538. The lowest BCUT2D eigenvalue weighted by molar-refractivity contribution is 0.0778. The number of piperazine rings is 1. The average Bonchev–Trinajstić information content (AvgIpc) is 2.41. The molecule has 18 heavy (non-hydrogen) atoms. The van der Waals surface area contributed by atoms with Crippen LogP contribution >= 0.6 is 0 Å². The molecule has 1 aliphatic rings. The molecule has 0 unspecified atom stereocenters. The molecule has 1 aliphatic heterocycles. The molecule has 2 rings (SSSR count). The first-order chi connectivity index (χ1) is 8.79. The summed E-state index contributed by atoms with van der Waals surface area (Å²) < 4.78 is 5.00. The molecular weight excluding hydrogens is 230 g/mol. The molecule has 0 radical (unpaired) electrons. The summed E-state index contributed by atoms with van der Waals surface area (Å²) in [5.74, 6) is 0. The Hall–Kier alpha value is -1.62. The highest BCUT2D eigenvalue weighted by molar-refractivity contribution is 5.67. The summed E-state index contributed by atoms with van der Waals surface area (Å²) in [6.07, 6.45) is 3.43. The van der Waals surface area contributed by atoms with Crippen LogP contribution in [0.25, 0.3) is 0 Å². The van der Waals surface area contributed by atoms with Crippen molar-refractivity contribution in [1.82, 2.24) is 14.8 Å². The highest BCUT2D eigenvalue weighted by Gasteiger charge is 2.21. The van der Waals surface area contributed by atoms with Crippen molar-refractivity contribution in [3.8, 4) is 0 Å². The first kappa shape index (κ1) is 12.8. The van der Waals surface area contributed by atoms with Gasteiger partial charge in [0, 0.05) is 45.1 Å². The van der Waals surface area contributed by atoms with Crippen LogP contribution in [0.2, 0.25) is 0 Å². The smallest absolute Gasteiger partial charge is 0.409 e. The molecule has 1 fully saturated rings. The van der Waals surface area contributed by atoms with E-state index in [0.717, 1.165) is 32.7 Å². The Kier molecular flexibility index (Phi) is 4.52. The van der Waals surface area contributed by atoms with E-state index in [1.54, 1.807) is 4.90 Å². The minimum absolute atomic E-state index is 0.193. The van der Waals surface area contributed by atoms with Crippen molar-refractivity contribution in [3.63, 3.8) is 0 Å². The van der Waals surface area contributed by atoms with Crippen LogP contribution in [0.1, 0.15) is 12.5 Å². The molecule has 0 spiro atoms. The van der Waals surface area contributed by atoms with Crippen molar-refractivity contribution in [3.05, 3.63) is 30.1 Å². The molecule has 0 aliphatic carbocycles. The third-order valence-electron chi connectivity index (χ3n) is 3.05. The minimum atomic E-state index is -0.193. The van der Waals surface area contributed by atoms with E-state index in [-0.39, 0.29) is 6.09 Å². The molecule has 0 atom stereocenters. The lowest BCUT2D eigenvalue weighted by Crippen LogP contribution is -2.48. The molecule has 5 nitrogen and oxygen atoms in total. The van der Waals surface area contributed by atoms with Crippen molar-refractivity contribution in [2.75, 3.05) is 32.8 Å². The van der Waals surface area contributed by atoms with Gasteiger partial charge in [0.25, 0.3) is 0 Å². The van der Waals surface area contributed by atoms with E-state index in [9.17, 15) is 4.79 Å². The van der Waals surface area contributed by atoms with Crippen molar-refractivity contribution >= 4 is 6.09 Å². The maximum absolute atomic E-state index is 11.5. The Bertz CT molecular complexity index is 375. The zero-order valence-electron chi connectivity index (χ0n) is 10.7. The van der Waals surface area contributed by atoms with Crippen LogP contribution in [0.4, 0.5) is 4.79 Å². The average molecular weight is 249 g/mol. The van der Waals surface area contributed by atoms with Crippen molar-refractivity contribution in [2.45, 2.75) is 13.5 Å². The second-order valence-electron chi connectivity index (χ2n) is 4.32. The molecule has 1 saturated heterocycles. The molecular formula is C13H19N3O2. The zero-order chi connectivity index (χ0) is 12.8. The third-order valence-corrected chi connectivity index (χ3v) is 3.05. The van der Waals surface area contributed by atoms with Gasteiger partial charge in [0.15, 0.2) is 0 Å². The van der Waals surface area contributed by atoms with E-state index in [1.165, 1.54) is 5.56 Å². The number of carbonyl (C=O) groups is 1. The second-order valence-corrected chi connectivity index (χ2v) is 4.32. The van der Waals surface area contributed by atoms with Crippen molar-refractivity contribution in [2.24, 2.45) is 0 Å². The molecule has 5 heteroatoms. The highest BCUT2D eigenvalue weighted by atomic mass is 16.6. The van der Waals surface area contributed by atoms with Crippen LogP contribution in [0, 0.1) is 0 Å². The Labute approximate surface area is 107 Å². The number of hydrogen-bond acceptors (Lipinski definition) is 4.